The van der Waals surface area contributed by atoms with E-state index in [1.54, 1.807) is 6.07 Å². The third-order valence-corrected chi connectivity index (χ3v) is 10.5. The normalized spacial score (nSPS) is 14.5. The van der Waals surface area contributed by atoms with Crippen LogP contribution in [-0.2, 0) is 28.4 Å². The average Bonchev–Trinajstić information content (AvgIpc) is 4.03. The van der Waals surface area contributed by atoms with Crippen LogP contribution in [0.4, 0.5) is 10.5 Å². The number of epoxide rings is 1. The van der Waals surface area contributed by atoms with Gasteiger partial charge in [-0.2, -0.15) is 0 Å². The summed E-state index contributed by atoms with van der Waals surface area (Å²) in [7, 11) is 7.76. The first-order valence-corrected chi connectivity index (χ1v) is 22.1. The summed E-state index contributed by atoms with van der Waals surface area (Å²) in [5.41, 5.74) is 3.72. The highest BCUT2D eigenvalue weighted by Crippen LogP contribution is 2.42. The Hall–Kier alpha value is -4.81. The monoisotopic (exact) mass is 896 g/mol. The van der Waals surface area contributed by atoms with Gasteiger partial charge in [-0.25, -0.2) is 14.2 Å². The summed E-state index contributed by atoms with van der Waals surface area (Å²) >= 11 is 5.67. The molecule has 0 unspecified atom stereocenters. The first-order valence-electron chi connectivity index (χ1n) is 21.6. The number of carboxylic acids is 1. The van der Waals surface area contributed by atoms with Crippen molar-refractivity contribution in [2.24, 2.45) is 0 Å². The number of anilines is 1. The minimum absolute atomic E-state index is 0.0717. The number of halogens is 1. The molecule has 1 fully saturated rings. The van der Waals surface area contributed by atoms with Gasteiger partial charge >= 0.3 is 12.1 Å². The lowest BCUT2D eigenvalue weighted by molar-refractivity contribution is 0.0376. The molecule has 0 saturated carbocycles. The molecule has 2 aromatic carbocycles. The molecule has 2 heterocycles. The first kappa shape index (κ1) is 49.2. The number of fused-ring (bicyclic) bond motifs is 2. The Labute approximate surface area is 374 Å². The molecule has 0 spiro atoms. The second-order valence-corrected chi connectivity index (χ2v) is 15.8. The molecular formula is C46H63ClN5O11+. The van der Waals surface area contributed by atoms with Crippen molar-refractivity contribution in [1.29, 1.82) is 0 Å². The summed E-state index contributed by atoms with van der Waals surface area (Å²) in [4.78, 5) is 39.8. The molecule has 2 amide bonds. The number of ether oxygens (including phenoxy) is 6. The average molecular weight is 897 g/mol. The van der Waals surface area contributed by atoms with Gasteiger partial charge in [-0.15, -0.1) is 11.6 Å². The number of carboxylic acid groups (broad SMARTS) is 1. The molecule has 16 nitrogen and oxygen atoms in total. The fourth-order valence-corrected chi connectivity index (χ4v) is 6.90. The van der Waals surface area contributed by atoms with Crippen LogP contribution < -0.4 is 30.8 Å². The molecular weight excluding hydrogens is 834 g/mol. The number of rotatable bonds is 29. The van der Waals surface area contributed by atoms with E-state index in [2.05, 4.69) is 16.0 Å². The number of hydrogen-bond donors (Lipinski definition) is 4. The van der Waals surface area contributed by atoms with Gasteiger partial charge in [0.1, 0.15) is 32.0 Å². The number of hydrogen-bond acceptors (Lipinski definition) is 12. The van der Waals surface area contributed by atoms with Gasteiger partial charge in [0, 0.05) is 99.3 Å². The van der Waals surface area contributed by atoms with Crippen LogP contribution in [0.25, 0.3) is 33.4 Å². The summed E-state index contributed by atoms with van der Waals surface area (Å²) in [6.07, 6.45) is 4.69. The highest BCUT2D eigenvalue weighted by atomic mass is 35.5. The zero-order chi connectivity index (χ0) is 45.0. The zero-order valence-corrected chi connectivity index (χ0v) is 37.6. The van der Waals surface area contributed by atoms with Crippen LogP contribution in [0.3, 0.4) is 0 Å². The number of carbonyl (C=O) groups excluding carboxylic acids is 2. The molecule has 0 radical (unpaired) electrons. The maximum Gasteiger partial charge on any atom is 0.407 e. The van der Waals surface area contributed by atoms with E-state index in [4.69, 9.17) is 44.4 Å². The molecule has 3 aliphatic rings. The molecule has 2 aromatic rings. The molecule has 0 bridgehead atoms. The van der Waals surface area contributed by atoms with Crippen LogP contribution in [0, 0.1) is 0 Å². The molecule has 0 aromatic heterocycles. The van der Waals surface area contributed by atoms with E-state index < -0.39 is 12.1 Å². The van der Waals surface area contributed by atoms with Crippen LogP contribution in [0.1, 0.15) is 59.2 Å². The number of alkyl halides is 1. The van der Waals surface area contributed by atoms with E-state index in [9.17, 15) is 19.5 Å². The van der Waals surface area contributed by atoms with Crippen LogP contribution in [0.2, 0.25) is 0 Å². The van der Waals surface area contributed by atoms with Gasteiger partial charge in [0.2, 0.25) is 5.36 Å². The van der Waals surface area contributed by atoms with Crippen LogP contribution in [0.5, 0.6) is 0 Å². The van der Waals surface area contributed by atoms with E-state index in [1.165, 1.54) is 12.1 Å². The smallest absolute Gasteiger partial charge is 0.407 e. The van der Waals surface area contributed by atoms with Crippen molar-refractivity contribution in [1.82, 2.24) is 20.5 Å². The van der Waals surface area contributed by atoms with Gasteiger partial charge in [-0.05, 0) is 67.6 Å². The molecule has 1 saturated heterocycles. The summed E-state index contributed by atoms with van der Waals surface area (Å²) < 4.78 is 41.3. The standard InChI is InChI=1S/C46H62ClN5O11/c1-51(2)33-12-15-36-39(30-33)62-40-31-34(52(3)4)13-16-37(40)41(36)38-29-32(11-14-35(38)44(54)55)42(53)48-18-19-49-43-45(63-43)60-23-10-9-22-58-27-28-61-46(56)50-20-24-59-26-25-57-21-8-6-5-7-17-47/h11-16,29-31,43,45,49H,5-10,17-28H2,1-4H3,(H2-,48,50,53,54,55,56)/p+1/t43-,45+/m0/s1. The number of carbonyl (C=O) groups is 3. The Balaban J connectivity index is 0.961. The van der Waals surface area contributed by atoms with Gasteiger partial charge < -0.3 is 53.5 Å². The number of aromatic carboxylic acids is 1. The van der Waals surface area contributed by atoms with Crippen molar-refractivity contribution in [2.45, 2.75) is 51.0 Å². The lowest BCUT2D eigenvalue weighted by Gasteiger charge is -2.19. The SMILES string of the molecule is CN(C)c1ccc2c(-c3cc(C(=O)NCCN[C@H]4O[C@H]4OCCCCOCCOC(=O)NCCOCCOCCCCCCCl)ccc3C(=O)O)c3ccc(=[N+](C)C)cc-3oc2c1. The lowest BCUT2D eigenvalue weighted by Crippen LogP contribution is -2.33. The minimum Gasteiger partial charge on any atom is -0.478 e. The van der Waals surface area contributed by atoms with Gasteiger partial charge in [-0.1, -0.05) is 12.8 Å². The molecule has 17 heteroatoms. The third kappa shape index (κ3) is 15.7. The van der Waals surface area contributed by atoms with Crippen molar-refractivity contribution in [3.63, 3.8) is 0 Å². The lowest BCUT2D eigenvalue weighted by atomic mass is 9.89. The number of nitrogens with one attached hydrogen (secondary N) is 3. The largest absolute Gasteiger partial charge is 0.478 e. The fourth-order valence-electron chi connectivity index (χ4n) is 6.71. The van der Waals surface area contributed by atoms with Gasteiger partial charge in [0.15, 0.2) is 12.5 Å². The van der Waals surface area contributed by atoms with Gasteiger partial charge in [0.05, 0.1) is 38.1 Å². The topological polar surface area (TPSA) is 186 Å². The summed E-state index contributed by atoms with van der Waals surface area (Å²) in [6.45, 7) is 4.64. The van der Waals surface area contributed by atoms with Crippen molar-refractivity contribution in [3.8, 4) is 22.5 Å². The molecule has 344 valence electrons. The highest BCUT2D eigenvalue weighted by molar-refractivity contribution is 6.17. The molecule has 63 heavy (non-hydrogen) atoms. The Kier molecular flexibility index (Phi) is 20.4. The van der Waals surface area contributed by atoms with Crippen molar-refractivity contribution >= 4 is 46.2 Å². The number of nitrogens with zero attached hydrogens (tertiary/aromatic N) is 2. The van der Waals surface area contributed by atoms with E-state index in [0.29, 0.717) is 93.2 Å². The van der Waals surface area contributed by atoms with Gasteiger partial charge in [0.25, 0.3) is 5.91 Å². The Morgan fingerprint density at radius 2 is 1.49 bits per heavy atom. The summed E-state index contributed by atoms with van der Waals surface area (Å²) in [6, 6.07) is 16.3. The predicted octanol–water partition coefficient (Wildman–Crippen LogP) is 5.37. The summed E-state index contributed by atoms with van der Waals surface area (Å²) in [5.74, 6) is -0.143. The second kappa shape index (κ2) is 26.1. The van der Waals surface area contributed by atoms with Gasteiger partial charge in [-0.3, -0.25) is 10.1 Å². The highest BCUT2D eigenvalue weighted by Gasteiger charge is 2.39. The van der Waals surface area contributed by atoms with Crippen LogP contribution in [0.15, 0.2) is 59.0 Å². The first-order chi connectivity index (χ1) is 30.6. The molecule has 2 atom stereocenters. The quantitative estimate of drug-likeness (QED) is 0.0179. The van der Waals surface area contributed by atoms with E-state index in [-0.39, 0.29) is 30.6 Å². The molecule has 5 rings (SSSR count). The van der Waals surface area contributed by atoms with Crippen molar-refractivity contribution in [3.05, 3.63) is 71.1 Å². The Morgan fingerprint density at radius 3 is 2.24 bits per heavy atom. The maximum absolute atomic E-state index is 13.4. The van der Waals surface area contributed by atoms with Crippen molar-refractivity contribution in [2.75, 3.05) is 111 Å². The minimum atomic E-state index is -1.10. The fraction of sp³-hybridized carbons (Fsp3) is 0.522. The predicted molar refractivity (Wildman–Crippen MR) is 242 cm³/mol. The molecule has 2 aliphatic heterocycles. The second-order valence-electron chi connectivity index (χ2n) is 15.4. The van der Waals surface area contributed by atoms with E-state index >= 15 is 0 Å². The number of alkyl carbamates (subject to hydrolysis) is 1. The van der Waals surface area contributed by atoms with Crippen LogP contribution >= 0.6 is 11.6 Å². The van der Waals surface area contributed by atoms with E-state index in [0.717, 1.165) is 67.1 Å². The Morgan fingerprint density at radius 1 is 0.762 bits per heavy atom. The van der Waals surface area contributed by atoms with Crippen LogP contribution in [-0.4, -0.2) is 142 Å². The maximum atomic E-state index is 13.4. The van der Waals surface area contributed by atoms with E-state index in [1.807, 2.05) is 74.1 Å². The number of amides is 2. The zero-order valence-electron chi connectivity index (χ0n) is 36.9. The Bertz CT molecular complexity index is 2130. The van der Waals surface area contributed by atoms with Crippen molar-refractivity contribution < 1.29 is 52.3 Å². The number of unbranched alkanes of at least 4 members (excludes halogenated alkanes) is 4. The molecule has 4 N–H and O–H groups in total. The third-order valence-electron chi connectivity index (χ3n) is 10.2. The summed E-state index contributed by atoms with van der Waals surface area (Å²) in [5, 5.41) is 20.7. The molecule has 1 aliphatic carbocycles. The number of benzene rings is 3.